The number of rotatable bonds is 3. The van der Waals surface area contributed by atoms with Crippen LogP contribution in [0.5, 0.6) is 0 Å². The van der Waals surface area contributed by atoms with Gasteiger partial charge < -0.3 is 9.69 Å². The zero-order chi connectivity index (χ0) is 23.8. The Kier molecular flexibility index (Phi) is 4.66. The molecule has 0 unspecified atom stereocenters. The van der Waals surface area contributed by atoms with E-state index in [1.54, 1.807) is 4.90 Å². The van der Waals surface area contributed by atoms with Crippen molar-refractivity contribution in [2.24, 2.45) is 11.3 Å². The molecule has 3 aliphatic rings. The zero-order valence-corrected chi connectivity index (χ0v) is 17.0. The number of aryl methyl sites for hydroxylation is 1. The van der Waals surface area contributed by atoms with Crippen LogP contribution < -0.4 is 10.2 Å². The molecule has 1 spiro atoms. The molecule has 0 atom stereocenters. The Labute approximate surface area is 181 Å². The molecule has 1 saturated carbocycles. The lowest BCUT2D eigenvalue weighted by atomic mass is 9.65. The fraction of sp³-hybridized carbons (Fsp3) is 0.565. The van der Waals surface area contributed by atoms with Gasteiger partial charge in [-0.25, -0.2) is 4.79 Å². The first-order valence-corrected chi connectivity index (χ1v) is 10.6. The second kappa shape index (κ2) is 8.20. The number of carbonyl (C=O) groups is 4. The van der Waals surface area contributed by atoms with E-state index in [2.05, 4.69) is 5.32 Å². The highest BCUT2D eigenvalue weighted by Gasteiger charge is 2.39. The zero-order valence-electron chi connectivity index (χ0n) is 20.0. The van der Waals surface area contributed by atoms with E-state index >= 15 is 0 Å². The van der Waals surface area contributed by atoms with Gasteiger partial charge in [-0.05, 0) is 68.5 Å². The maximum atomic E-state index is 13.3. The second-order valence-corrected chi connectivity index (χ2v) is 8.75. The third-order valence-corrected chi connectivity index (χ3v) is 6.98. The summed E-state index contributed by atoms with van der Waals surface area (Å²) in [6.45, 7) is -1.20. The lowest BCUT2D eigenvalue weighted by molar-refractivity contribution is -0.120. The van der Waals surface area contributed by atoms with Gasteiger partial charge in [-0.2, -0.15) is 0 Å². The molecule has 0 aromatic heterocycles. The molecule has 2 heterocycles. The van der Waals surface area contributed by atoms with Crippen molar-refractivity contribution < 1.29 is 23.3 Å². The minimum Gasteiger partial charge on any atom is -0.339 e. The van der Waals surface area contributed by atoms with Crippen molar-refractivity contribution in [3.8, 4) is 0 Å². The number of amides is 4. The highest BCUT2D eigenvalue weighted by atomic mass is 16.2. The summed E-state index contributed by atoms with van der Waals surface area (Å²) in [6, 6.07) is 3.65. The summed E-state index contributed by atoms with van der Waals surface area (Å²) in [6.07, 6.45) is 6.75. The second-order valence-electron chi connectivity index (χ2n) is 8.75. The van der Waals surface area contributed by atoms with E-state index < -0.39 is 18.8 Å². The number of likely N-dealkylation sites (tertiary alicyclic amines) is 1. The van der Waals surface area contributed by atoms with Gasteiger partial charge in [0.1, 0.15) is 6.29 Å². The lowest BCUT2D eigenvalue weighted by Gasteiger charge is -2.45. The van der Waals surface area contributed by atoms with Gasteiger partial charge in [0.25, 0.3) is 5.91 Å². The number of anilines is 1. The summed E-state index contributed by atoms with van der Waals surface area (Å²) >= 11 is 0. The van der Waals surface area contributed by atoms with Crippen molar-refractivity contribution in [2.75, 3.05) is 24.5 Å². The van der Waals surface area contributed by atoms with Gasteiger partial charge >= 0.3 is 6.03 Å². The number of nitrogens with zero attached hydrogens (tertiary/aromatic N) is 2. The fourth-order valence-corrected chi connectivity index (χ4v) is 4.94. The molecule has 0 radical (unpaired) electrons. The van der Waals surface area contributed by atoms with Crippen LogP contribution in [0.2, 0.25) is 0 Å². The maximum absolute atomic E-state index is 13.3. The van der Waals surface area contributed by atoms with Crippen LogP contribution in [0.4, 0.5) is 10.5 Å². The minimum absolute atomic E-state index is 0.0342. The van der Waals surface area contributed by atoms with Crippen LogP contribution in [0.1, 0.15) is 65.0 Å². The Morgan fingerprint density at radius 1 is 1.17 bits per heavy atom. The van der Waals surface area contributed by atoms with Gasteiger partial charge in [0, 0.05) is 47.3 Å². The standard InChI is InChI=1S/C23H29N3O4/c1-16-2-3-18(14-19(16)26-11-6-20(28)24-22(26)30)21(29)25-12-9-23(10-13-25)7-4-17(15-27)5-8-23/h2-3,14-15,17H,4-13H2,1H3,(H,24,28,30)/i1D3. The van der Waals surface area contributed by atoms with E-state index in [1.165, 1.54) is 23.1 Å². The number of hydrogen-bond acceptors (Lipinski definition) is 4. The van der Waals surface area contributed by atoms with E-state index in [0.717, 1.165) is 44.8 Å². The van der Waals surface area contributed by atoms with E-state index in [0.29, 0.717) is 18.7 Å². The highest BCUT2D eigenvalue weighted by Crippen LogP contribution is 2.46. The topological polar surface area (TPSA) is 86.8 Å². The molecule has 1 aliphatic carbocycles. The van der Waals surface area contributed by atoms with E-state index in [-0.39, 0.29) is 41.5 Å². The summed E-state index contributed by atoms with van der Waals surface area (Å²) in [7, 11) is 0. The largest absolute Gasteiger partial charge is 0.339 e. The van der Waals surface area contributed by atoms with E-state index in [1.807, 2.05) is 0 Å². The van der Waals surface area contributed by atoms with Crippen LogP contribution >= 0.6 is 0 Å². The van der Waals surface area contributed by atoms with Crippen molar-refractivity contribution in [1.29, 1.82) is 0 Å². The first-order chi connectivity index (χ1) is 15.6. The fourth-order valence-electron chi connectivity index (χ4n) is 4.94. The molecule has 2 aliphatic heterocycles. The van der Waals surface area contributed by atoms with Crippen molar-refractivity contribution in [3.63, 3.8) is 0 Å². The average molecular weight is 415 g/mol. The first-order valence-electron chi connectivity index (χ1n) is 12.1. The molecule has 7 heteroatoms. The molecule has 4 rings (SSSR count). The van der Waals surface area contributed by atoms with Crippen LogP contribution in [-0.2, 0) is 9.59 Å². The smallest absolute Gasteiger partial charge is 0.328 e. The highest BCUT2D eigenvalue weighted by molar-refractivity contribution is 6.06. The first kappa shape index (κ1) is 17.0. The van der Waals surface area contributed by atoms with Gasteiger partial charge in [0.05, 0.1) is 0 Å². The quantitative estimate of drug-likeness (QED) is 0.770. The molecule has 30 heavy (non-hydrogen) atoms. The third kappa shape index (κ3) is 3.98. The Morgan fingerprint density at radius 3 is 2.53 bits per heavy atom. The van der Waals surface area contributed by atoms with Gasteiger partial charge in [0.15, 0.2) is 0 Å². The van der Waals surface area contributed by atoms with Gasteiger partial charge in [0.2, 0.25) is 5.91 Å². The Hall–Kier alpha value is -2.70. The van der Waals surface area contributed by atoms with Crippen LogP contribution in [-0.4, -0.2) is 48.7 Å². The normalized spacial score (nSPS) is 24.1. The Morgan fingerprint density at radius 2 is 1.90 bits per heavy atom. The molecule has 1 aromatic rings. The van der Waals surface area contributed by atoms with Crippen LogP contribution in [0, 0.1) is 18.2 Å². The molecule has 160 valence electrons. The van der Waals surface area contributed by atoms with Gasteiger partial charge in [-0.1, -0.05) is 6.07 Å². The van der Waals surface area contributed by atoms with Gasteiger partial charge in [-0.15, -0.1) is 0 Å². The lowest BCUT2D eigenvalue weighted by Crippen LogP contribution is -2.50. The summed E-state index contributed by atoms with van der Waals surface area (Å²) < 4.78 is 23.5. The molecule has 2 saturated heterocycles. The Balaban J connectivity index is 1.52. The minimum atomic E-state index is -2.48. The van der Waals surface area contributed by atoms with Crippen LogP contribution in [0.25, 0.3) is 0 Å². The van der Waals surface area contributed by atoms with E-state index in [4.69, 9.17) is 4.11 Å². The monoisotopic (exact) mass is 414 g/mol. The number of imide groups is 1. The van der Waals surface area contributed by atoms with Crippen molar-refractivity contribution in [3.05, 3.63) is 29.3 Å². The summed E-state index contributed by atoms with van der Waals surface area (Å²) in [4.78, 5) is 51.2. The summed E-state index contributed by atoms with van der Waals surface area (Å²) in [5.41, 5.74) is 0.619. The molecule has 3 fully saturated rings. The number of aldehydes is 1. The molecule has 4 amide bonds. The van der Waals surface area contributed by atoms with Crippen molar-refractivity contribution in [1.82, 2.24) is 10.2 Å². The van der Waals surface area contributed by atoms with Gasteiger partial charge in [-0.3, -0.25) is 19.8 Å². The van der Waals surface area contributed by atoms with Crippen LogP contribution in [0.15, 0.2) is 18.2 Å². The SMILES string of the molecule is [2H]C([2H])([2H])c1ccc(C(=O)N2CCC3(CCC(C=O)CC3)CC2)cc1N1CCC(=O)NC1=O. The number of benzene rings is 1. The molecule has 0 bridgehead atoms. The molecular formula is C23H29N3O4. The van der Waals surface area contributed by atoms with Crippen molar-refractivity contribution in [2.45, 2.75) is 51.8 Å². The molecule has 1 N–H and O–H groups in total. The molecule has 7 nitrogen and oxygen atoms in total. The number of piperidine rings is 1. The predicted octanol–water partition coefficient (Wildman–Crippen LogP) is 3.05. The average Bonchev–Trinajstić information content (AvgIpc) is 2.79. The van der Waals surface area contributed by atoms with E-state index in [9.17, 15) is 19.2 Å². The third-order valence-electron chi connectivity index (χ3n) is 6.98. The van der Waals surface area contributed by atoms with Crippen molar-refractivity contribution >= 4 is 29.8 Å². The number of hydrogen-bond donors (Lipinski definition) is 1. The van der Waals surface area contributed by atoms with Crippen LogP contribution in [0.3, 0.4) is 0 Å². The predicted molar refractivity (Wildman–Crippen MR) is 112 cm³/mol. The summed E-state index contributed by atoms with van der Waals surface area (Å²) in [5, 5.41) is 2.21. The number of nitrogens with one attached hydrogen (secondary N) is 1. The number of carbonyl (C=O) groups excluding carboxylic acids is 4. The number of urea groups is 1. The Bertz CT molecular complexity index is 960. The molecule has 1 aromatic carbocycles. The maximum Gasteiger partial charge on any atom is 0.328 e. The molecular weight excluding hydrogens is 382 g/mol. The summed E-state index contributed by atoms with van der Waals surface area (Å²) in [5.74, 6) is -0.450.